The van der Waals surface area contributed by atoms with Gasteiger partial charge in [0.25, 0.3) is 0 Å². The Kier molecular flexibility index (Phi) is 2.37. The van der Waals surface area contributed by atoms with E-state index >= 15 is 0 Å². The number of nitrogens with zero attached hydrogens (tertiary/aromatic N) is 1. The molecule has 2 amide bonds. The summed E-state index contributed by atoms with van der Waals surface area (Å²) in [6.07, 6.45) is 0. The molecule has 0 fully saturated rings. The van der Waals surface area contributed by atoms with Crippen molar-refractivity contribution in [2.75, 3.05) is 12.4 Å². The van der Waals surface area contributed by atoms with Crippen LogP contribution in [0.5, 0.6) is 0 Å². The molecule has 1 aromatic heterocycles. The van der Waals surface area contributed by atoms with E-state index in [1.807, 2.05) is 6.92 Å². The highest BCUT2D eigenvalue weighted by atomic mass is 16.5. The van der Waals surface area contributed by atoms with E-state index in [0.29, 0.717) is 11.5 Å². The summed E-state index contributed by atoms with van der Waals surface area (Å²) in [5.41, 5.74) is 1.56. The first-order chi connectivity index (χ1) is 5.65. The lowest BCUT2D eigenvalue weighted by atomic mass is 10.0. The van der Waals surface area contributed by atoms with Gasteiger partial charge in [0.1, 0.15) is 0 Å². The van der Waals surface area contributed by atoms with E-state index in [-0.39, 0.29) is 6.03 Å². The molecule has 0 aliphatic heterocycles. The molecule has 2 N–H and O–H groups in total. The van der Waals surface area contributed by atoms with Gasteiger partial charge < -0.3 is 9.84 Å². The summed E-state index contributed by atoms with van der Waals surface area (Å²) in [5, 5.41) is 8.60. The van der Waals surface area contributed by atoms with Crippen LogP contribution < -0.4 is 16.3 Å². The van der Waals surface area contributed by atoms with Crippen molar-refractivity contribution in [3.05, 3.63) is 5.56 Å². The first kappa shape index (κ1) is 8.64. The number of urea groups is 1. The maximum absolute atomic E-state index is 10.8. The first-order valence-electron chi connectivity index (χ1n) is 3.56. The molecule has 0 bridgehead atoms. The fourth-order valence-electron chi connectivity index (χ4n) is 0.704. The molecule has 0 unspecified atom stereocenters. The van der Waals surface area contributed by atoms with E-state index in [1.165, 1.54) is 7.05 Å². The number of anilines is 1. The minimum atomic E-state index is -0.300. The molecule has 1 rings (SSSR count). The fourth-order valence-corrected chi connectivity index (χ4v) is 0.704. The zero-order valence-electron chi connectivity index (χ0n) is 7.26. The molecule has 64 valence electrons. The number of nitrogens with one attached hydrogen (secondary N) is 2. The van der Waals surface area contributed by atoms with Gasteiger partial charge >= 0.3 is 6.03 Å². The molecular weight excluding hydrogens is 157 g/mol. The van der Waals surface area contributed by atoms with Gasteiger partial charge in [0, 0.05) is 12.6 Å². The van der Waals surface area contributed by atoms with Crippen LogP contribution in [0.3, 0.4) is 0 Å². The van der Waals surface area contributed by atoms with Crippen molar-refractivity contribution in [1.82, 2.24) is 10.5 Å². The van der Waals surface area contributed by atoms with E-state index in [0.717, 1.165) is 5.56 Å². The van der Waals surface area contributed by atoms with Gasteiger partial charge in [-0.3, -0.25) is 5.32 Å². The van der Waals surface area contributed by atoms with E-state index in [2.05, 4.69) is 15.8 Å². The number of hydrogen-bond acceptors (Lipinski definition) is 3. The van der Waals surface area contributed by atoms with Crippen LogP contribution in [0, 0.1) is 6.92 Å². The Morgan fingerprint density at radius 1 is 1.67 bits per heavy atom. The molecule has 6 heteroatoms. The minimum absolute atomic E-state index is 0.300. The average Bonchev–Trinajstić information content (AvgIpc) is 2.36. The van der Waals surface area contributed by atoms with Gasteiger partial charge in [0.15, 0.2) is 13.7 Å². The Hall–Kier alpha value is -1.46. The van der Waals surface area contributed by atoms with Gasteiger partial charge in [-0.1, -0.05) is 5.16 Å². The Labute approximate surface area is 70.9 Å². The minimum Gasteiger partial charge on any atom is -0.370 e. The number of amides is 2. The number of hydrogen-bond donors (Lipinski definition) is 2. The monoisotopic (exact) mass is 167 g/mol. The van der Waals surface area contributed by atoms with Crippen molar-refractivity contribution in [1.29, 1.82) is 0 Å². The molecule has 0 atom stereocenters. The summed E-state index contributed by atoms with van der Waals surface area (Å²) < 4.78 is 4.85. The number of rotatable bonds is 1. The van der Waals surface area contributed by atoms with Gasteiger partial charge in [-0.25, -0.2) is 4.79 Å². The Morgan fingerprint density at radius 2 is 2.33 bits per heavy atom. The summed E-state index contributed by atoms with van der Waals surface area (Å²) in [6, 6.07) is -0.300. The van der Waals surface area contributed by atoms with Crippen molar-refractivity contribution >= 4 is 25.4 Å². The second-order valence-corrected chi connectivity index (χ2v) is 2.42. The molecule has 0 saturated heterocycles. The van der Waals surface area contributed by atoms with Crippen molar-refractivity contribution in [2.24, 2.45) is 0 Å². The molecule has 0 radical (unpaired) electrons. The largest absolute Gasteiger partial charge is 0.370 e. The highest BCUT2D eigenvalue weighted by molar-refractivity contribution is 6.31. The zero-order valence-corrected chi connectivity index (χ0v) is 7.26. The summed E-state index contributed by atoms with van der Waals surface area (Å²) in [4.78, 5) is 10.8. The van der Waals surface area contributed by atoms with Gasteiger partial charge in [-0.2, -0.15) is 0 Å². The smallest absolute Gasteiger partial charge is 0.320 e. The van der Waals surface area contributed by atoms with Crippen LogP contribution in [0.1, 0.15) is 5.56 Å². The summed E-state index contributed by atoms with van der Waals surface area (Å²) in [6.45, 7) is 1.83. The van der Waals surface area contributed by atoms with E-state index in [9.17, 15) is 4.79 Å². The van der Waals surface area contributed by atoms with Crippen LogP contribution in [-0.4, -0.2) is 26.1 Å². The lowest BCUT2D eigenvalue weighted by Crippen LogP contribution is -2.25. The van der Waals surface area contributed by atoms with Gasteiger partial charge in [0.2, 0.25) is 0 Å². The van der Waals surface area contributed by atoms with E-state index < -0.39 is 0 Å². The predicted molar refractivity (Wildman–Crippen MR) is 47.5 cm³/mol. The third-order valence-electron chi connectivity index (χ3n) is 1.62. The average molecular weight is 167 g/mol. The van der Waals surface area contributed by atoms with Crippen molar-refractivity contribution in [3.63, 3.8) is 0 Å². The van der Waals surface area contributed by atoms with E-state index in [1.54, 1.807) is 7.85 Å². The van der Waals surface area contributed by atoms with Crippen LogP contribution in [0.15, 0.2) is 4.52 Å². The molecule has 5 nitrogen and oxygen atoms in total. The van der Waals surface area contributed by atoms with Gasteiger partial charge in [-0.15, -0.1) is 0 Å². The topological polar surface area (TPSA) is 67.2 Å². The molecule has 0 saturated carbocycles. The molecule has 0 aliphatic rings. The van der Waals surface area contributed by atoms with Crippen LogP contribution in [-0.2, 0) is 0 Å². The lowest BCUT2D eigenvalue weighted by molar-refractivity contribution is 0.253. The normalized spacial score (nSPS) is 9.50. The van der Waals surface area contributed by atoms with Crippen LogP contribution in [0.4, 0.5) is 10.6 Å². The molecule has 0 aromatic carbocycles. The SMILES string of the molecule is Bc1onc(NC(=O)NC)c1C. The van der Waals surface area contributed by atoms with Crippen LogP contribution >= 0.6 is 0 Å². The number of carbonyl (C=O) groups excluding carboxylic acids is 1. The lowest BCUT2D eigenvalue weighted by Gasteiger charge is -1.99. The highest BCUT2D eigenvalue weighted by Gasteiger charge is 2.09. The second-order valence-electron chi connectivity index (χ2n) is 2.42. The third kappa shape index (κ3) is 1.58. The Bertz CT molecular complexity index is 297. The summed E-state index contributed by atoms with van der Waals surface area (Å²) in [7, 11) is 3.33. The van der Waals surface area contributed by atoms with Crippen molar-refractivity contribution in [2.45, 2.75) is 6.92 Å². The first-order valence-corrected chi connectivity index (χ1v) is 3.56. The van der Waals surface area contributed by atoms with Crippen LogP contribution in [0.25, 0.3) is 0 Å². The standard InChI is InChI=1S/C6H10BN3O2/c1-3-4(7)12-10-5(3)9-6(11)8-2/h7H2,1-2H3,(H2,8,9,10,11). The zero-order chi connectivity index (χ0) is 9.14. The molecule has 1 heterocycles. The predicted octanol–water partition coefficient (Wildman–Crippen LogP) is -1.01. The Balaban J connectivity index is 2.76. The molecule has 0 aliphatic carbocycles. The van der Waals surface area contributed by atoms with E-state index in [4.69, 9.17) is 4.52 Å². The maximum atomic E-state index is 10.8. The Morgan fingerprint density at radius 3 is 2.75 bits per heavy atom. The quantitative estimate of drug-likeness (QED) is 0.526. The van der Waals surface area contributed by atoms with Gasteiger partial charge in [-0.05, 0) is 6.92 Å². The molecule has 1 aromatic rings. The summed E-state index contributed by atoms with van der Waals surface area (Å²) >= 11 is 0. The maximum Gasteiger partial charge on any atom is 0.320 e. The summed E-state index contributed by atoms with van der Waals surface area (Å²) in [5.74, 6) is 0.465. The van der Waals surface area contributed by atoms with Crippen molar-refractivity contribution in [3.8, 4) is 0 Å². The van der Waals surface area contributed by atoms with Crippen LogP contribution in [0.2, 0.25) is 0 Å². The molecular formula is C6H10BN3O2. The van der Waals surface area contributed by atoms with Gasteiger partial charge in [0.05, 0.1) is 5.66 Å². The number of carbonyl (C=O) groups is 1. The molecule has 0 spiro atoms. The van der Waals surface area contributed by atoms with Crippen molar-refractivity contribution < 1.29 is 9.32 Å². The fraction of sp³-hybridized carbons (Fsp3) is 0.333. The molecule has 12 heavy (non-hydrogen) atoms. The highest BCUT2D eigenvalue weighted by Crippen LogP contribution is 2.06. The second kappa shape index (κ2) is 3.29. The third-order valence-corrected chi connectivity index (χ3v) is 1.62. The number of aromatic nitrogens is 1.